The number of benzene rings is 1. The predicted octanol–water partition coefficient (Wildman–Crippen LogP) is 2.70. The van der Waals surface area contributed by atoms with Crippen LogP contribution < -0.4 is 11.1 Å². The first-order chi connectivity index (χ1) is 8.74. The molecule has 0 saturated carbocycles. The van der Waals surface area contributed by atoms with Gasteiger partial charge in [0.05, 0.1) is 11.4 Å². The van der Waals surface area contributed by atoms with Crippen LogP contribution in [0, 0.1) is 0 Å². The number of rotatable bonds is 2. The Morgan fingerprint density at radius 1 is 1.17 bits per heavy atom. The van der Waals surface area contributed by atoms with Crippen LogP contribution in [0.3, 0.4) is 0 Å². The summed E-state index contributed by atoms with van der Waals surface area (Å²) in [5.41, 5.74) is 7.97. The highest BCUT2D eigenvalue weighted by atomic mass is 15.2. The van der Waals surface area contributed by atoms with E-state index < -0.39 is 0 Å². The second-order valence-electron chi connectivity index (χ2n) is 5.80. The average Bonchev–Trinajstić information content (AvgIpc) is 2.33. The van der Waals surface area contributed by atoms with E-state index in [2.05, 4.69) is 29.4 Å². The van der Waals surface area contributed by atoms with E-state index in [9.17, 15) is 0 Å². The molecule has 2 aliphatic heterocycles. The van der Waals surface area contributed by atoms with Crippen molar-refractivity contribution >= 4 is 11.4 Å². The Kier molecular flexibility index (Phi) is 3.16. The molecule has 2 fully saturated rings. The summed E-state index contributed by atoms with van der Waals surface area (Å²) in [5.74, 6) is 0. The van der Waals surface area contributed by atoms with Gasteiger partial charge in [-0.2, -0.15) is 0 Å². The van der Waals surface area contributed by atoms with Gasteiger partial charge in [0.25, 0.3) is 0 Å². The second-order valence-corrected chi connectivity index (χ2v) is 5.80. The highest BCUT2D eigenvalue weighted by Gasteiger charge is 2.35. The van der Waals surface area contributed by atoms with Crippen LogP contribution in [0.1, 0.15) is 32.1 Å². The molecule has 0 amide bonds. The van der Waals surface area contributed by atoms with Crippen molar-refractivity contribution in [3.05, 3.63) is 24.3 Å². The molecule has 0 radical (unpaired) electrons. The molecule has 1 aromatic carbocycles. The third-order valence-electron chi connectivity index (χ3n) is 4.66. The lowest BCUT2D eigenvalue weighted by atomic mass is 9.82. The number of nitrogens with two attached hydrogens (primary N) is 1. The van der Waals surface area contributed by atoms with E-state index >= 15 is 0 Å². The zero-order chi connectivity index (χ0) is 12.5. The fourth-order valence-corrected chi connectivity index (χ4v) is 3.58. The van der Waals surface area contributed by atoms with Crippen LogP contribution in [0.2, 0.25) is 0 Å². The largest absolute Gasteiger partial charge is 0.397 e. The topological polar surface area (TPSA) is 41.3 Å². The van der Waals surface area contributed by atoms with Crippen LogP contribution in [0.5, 0.6) is 0 Å². The molecule has 2 bridgehead atoms. The van der Waals surface area contributed by atoms with Gasteiger partial charge in [-0.25, -0.2) is 0 Å². The molecule has 3 N–H and O–H groups in total. The Balaban J connectivity index is 1.70. The maximum Gasteiger partial charge on any atom is 0.0576 e. The van der Waals surface area contributed by atoms with E-state index in [1.54, 1.807) is 0 Å². The first-order valence-electron chi connectivity index (χ1n) is 7.07. The number of hydrogen-bond donors (Lipinski definition) is 2. The third kappa shape index (κ3) is 2.19. The van der Waals surface area contributed by atoms with Crippen molar-refractivity contribution in [3.63, 3.8) is 0 Å². The number of nitrogens with zero attached hydrogens (tertiary/aromatic N) is 1. The Morgan fingerprint density at radius 2 is 1.83 bits per heavy atom. The molecule has 3 atom stereocenters. The number of nitrogens with one attached hydrogen (secondary N) is 1. The molecule has 0 spiro atoms. The number of para-hydroxylation sites is 2. The van der Waals surface area contributed by atoms with Crippen molar-refractivity contribution in [2.24, 2.45) is 0 Å². The molecule has 18 heavy (non-hydrogen) atoms. The number of fused-ring (bicyclic) bond motifs is 2. The van der Waals surface area contributed by atoms with Crippen LogP contribution in [0.15, 0.2) is 24.3 Å². The molecule has 2 heterocycles. The number of anilines is 2. The third-order valence-corrected chi connectivity index (χ3v) is 4.66. The van der Waals surface area contributed by atoms with Crippen molar-refractivity contribution in [1.82, 2.24) is 4.90 Å². The van der Waals surface area contributed by atoms with E-state index in [1.165, 1.54) is 32.1 Å². The van der Waals surface area contributed by atoms with Gasteiger partial charge in [-0.15, -0.1) is 0 Å². The lowest BCUT2D eigenvalue weighted by Gasteiger charge is -2.47. The molecule has 0 aromatic heterocycles. The molecule has 3 heteroatoms. The second kappa shape index (κ2) is 4.81. The monoisotopic (exact) mass is 245 g/mol. The summed E-state index contributed by atoms with van der Waals surface area (Å²) in [5, 5.41) is 3.65. The SMILES string of the molecule is CN1C2CCC[C@@H]1CC(Nc1ccccc1N)C2. The molecule has 2 saturated heterocycles. The Morgan fingerprint density at radius 3 is 2.50 bits per heavy atom. The first kappa shape index (κ1) is 11.8. The van der Waals surface area contributed by atoms with Crippen LogP contribution in [0.4, 0.5) is 11.4 Å². The zero-order valence-electron chi connectivity index (χ0n) is 11.1. The van der Waals surface area contributed by atoms with Gasteiger partial charge in [-0.1, -0.05) is 18.6 Å². The molecule has 3 rings (SSSR count). The maximum atomic E-state index is 6.01. The number of hydrogen-bond acceptors (Lipinski definition) is 3. The summed E-state index contributed by atoms with van der Waals surface area (Å²) in [6.07, 6.45) is 6.62. The smallest absolute Gasteiger partial charge is 0.0576 e. The number of piperidine rings is 2. The Labute approximate surface area is 109 Å². The summed E-state index contributed by atoms with van der Waals surface area (Å²) >= 11 is 0. The van der Waals surface area contributed by atoms with Gasteiger partial charge in [0.15, 0.2) is 0 Å². The molecular formula is C15H23N3. The van der Waals surface area contributed by atoms with Gasteiger partial charge in [0.2, 0.25) is 0 Å². The molecule has 2 unspecified atom stereocenters. The highest BCUT2D eigenvalue weighted by Crippen LogP contribution is 2.34. The van der Waals surface area contributed by atoms with Gasteiger partial charge in [0, 0.05) is 18.1 Å². The van der Waals surface area contributed by atoms with Crippen LogP contribution in [-0.2, 0) is 0 Å². The van der Waals surface area contributed by atoms with Crippen LogP contribution >= 0.6 is 0 Å². The summed E-state index contributed by atoms with van der Waals surface area (Å²) in [6, 6.07) is 10.2. The van der Waals surface area contributed by atoms with E-state index in [-0.39, 0.29) is 0 Å². The predicted molar refractivity (Wildman–Crippen MR) is 76.7 cm³/mol. The fourth-order valence-electron chi connectivity index (χ4n) is 3.58. The van der Waals surface area contributed by atoms with Gasteiger partial charge >= 0.3 is 0 Å². The summed E-state index contributed by atoms with van der Waals surface area (Å²) in [6.45, 7) is 0. The first-order valence-corrected chi connectivity index (χ1v) is 7.07. The van der Waals surface area contributed by atoms with Gasteiger partial charge in [-0.3, -0.25) is 0 Å². The van der Waals surface area contributed by atoms with Crippen molar-refractivity contribution in [2.45, 2.75) is 50.2 Å². The molecule has 2 aliphatic rings. The van der Waals surface area contributed by atoms with E-state index in [4.69, 9.17) is 5.73 Å². The Bertz CT molecular complexity index is 404. The highest BCUT2D eigenvalue weighted by molar-refractivity contribution is 5.66. The lowest BCUT2D eigenvalue weighted by molar-refractivity contribution is 0.0608. The van der Waals surface area contributed by atoms with Gasteiger partial charge in [-0.05, 0) is 44.9 Å². The average molecular weight is 245 g/mol. The molecule has 3 nitrogen and oxygen atoms in total. The van der Waals surface area contributed by atoms with Gasteiger partial charge < -0.3 is 16.0 Å². The molecule has 0 aliphatic carbocycles. The van der Waals surface area contributed by atoms with Crippen molar-refractivity contribution in [2.75, 3.05) is 18.1 Å². The zero-order valence-corrected chi connectivity index (χ0v) is 11.1. The van der Waals surface area contributed by atoms with Crippen LogP contribution in [0.25, 0.3) is 0 Å². The van der Waals surface area contributed by atoms with Gasteiger partial charge in [0.1, 0.15) is 0 Å². The normalized spacial score (nSPS) is 32.2. The molecule has 98 valence electrons. The minimum atomic E-state index is 0.584. The quantitative estimate of drug-likeness (QED) is 0.787. The van der Waals surface area contributed by atoms with Crippen LogP contribution in [-0.4, -0.2) is 30.1 Å². The lowest BCUT2D eigenvalue weighted by Crippen LogP contribution is -2.52. The summed E-state index contributed by atoms with van der Waals surface area (Å²) < 4.78 is 0. The molecular weight excluding hydrogens is 222 g/mol. The van der Waals surface area contributed by atoms with E-state index in [0.29, 0.717) is 6.04 Å². The number of nitrogen functional groups attached to an aromatic ring is 1. The minimum Gasteiger partial charge on any atom is -0.397 e. The molecule has 1 aromatic rings. The van der Waals surface area contributed by atoms with Crippen molar-refractivity contribution < 1.29 is 0 Å². The van der Waals surface area contributed by atoms with E-state index in [1.807, 2.05) is 12.1 Å². The minimum absolute atomic E-state index is 0.584. The maximum absolute atomic E-state index is 6.01. The summed E-state index contributed by atoms with van der Waals surface area (Å²) in [7, 11) is 2.29. The fraction of sp³-hybridized carbons (Fsp3) is 0.600. The van der Waals surface area contributed by atoms with Crippen molar-refractivity contribution in [1.29, 1.82) is 0 Å². The van der Waals surface area contributed by atoms with E-state index in [0.717, 1.165) is 23.5 Å². The summed E-state index contributed by atoms with van der Waals surface area (Å²) in [4.78, 5) is 2.59. The standard InChI is InChI=1S/C15H23N3/c1-18-12-5-4-6-13(18)10-11(9-12)17-15-8-3-2-7-14(15)16/h2-3,7-8,11-13,17H,4-6,9-10,16H2,1H3/t11?,12-,13?/m1/s1. The Hall–Kier alpha value is -1.22. The van der Waals surface area contributed by atoms with Crippen molar-refractivity contribution in [3.8, 4) is 0 Å².